The lowest BCUT2D eigenvalue weighted by Gasteiger charge is -2.13. The van der Waals surface area contributed by atoms with Crippen molar-refractivity contribution in [3.63, 3.8) is 0 Å². The summed E-state index contributed by atoms with van der Waals surface area (Å²) in [5, 5.41) is 10.2. The van der Waals surface area contributed by atoms with Gasteiger partial charge in [-0.1, -0.05) is 24.3 Å². The number of aliphatic hydroxyl groups excluding tert-OH is 1. The lowest BCUT2D eigenvalue weighted by Crippen LogP contribution is -2.02. The van der Waals surface area contributed by atoms with Crippen molar-refractivity contribution in [3.05, 3.63) is 63.9 Å². The summed E-state index contributed by atoms with van der Waals surface area (Å²) >= 11 is 3.35. The molecule has 0 radical (unpaired) electrons. The molecular formula is C13H12BrNO. The van der Waals surface area contributed by atoms with Gasteiger partial charge in [0.1, 0.15) is 6.10 Å². The van der Waals surface area contributed by atoms with Gasteiger partial charge in [-0.15, -0.1) is 0 Å². The van der Waals surface area contributed by atoms with Crippen molar-refractivity contribution < 1.29 is 5.11 Å². The number of hydrogen-bond acceptors (Lipinski definition) is 2. The van der Waals surface area contributed by atoms with Crippen LogP contribution in [0, 0.1) is 6.92 Å². The molecule has 0 amide bonds. The number of rotatable bonds is 2. The van der Waals surface area contributed by atoms with Gasteiger partial charge in [-0.25, -0.2) is 0 Å². The van der Waals surface area contributed by atoms with E-state index in [-0.39, 0.29) is 0 Å². The second kappa shape index (κ2) is 4.76. The number of halogens is 1. The van der Waals surface area contributed by atoms with E-state index in [1.54, 1.807) is 12.4 Å². The highest BCUT2D eigenvalue weighted by Gasteiger charge is 2.12. The zero-order valence-corrected chi connectivity index (χ0v) is 10.5. The van der Waals surface area contributed by atoms with Gasteiger partial charge in [0.2, 0.25) is 0 Å². The van der Waals surface area contributed by atoms with Crippen LogP contribution >= 0.6 is 15.9 Å². The molecule has 0 spiro atoms. The minimum Gasteiger partial charge on any atom is -0.384 e. The van der Waals surface area contributed by atoms with Crippen molar-refractivity contribution in [1.29, 1.82) is 0 Å². The fourth-order valence-corrected chi connectivity index (χ4v) is 2.03. The molecule has 1 heterocycles. The summed E-state index contributed by atoms with van der Waals surface area (Å²) in [6.07, 6.45) is 2.77. The molecule has 2 nitrogen and oxygen atoms in total. The smallest absolute Gasteiger partial charge is 0.106 e. The highest BCUT2D eigenvalue weighted by atomic mass is 79.9. The normalized spacial score (nSPS) is 12.4. The van der Waals surface area contributed by atoms with E-state index in [4.69, 9.17) is 0 Å². The maximum absolute atomic E-state index is 10.2. The third-order valence-electron chi connectivity index (χ3n) is 2.52. The summed E-state index contributed by atoms with van der Waals surface area (Å²) in [7, 11) is 0. The van der Waals surface area contributed by atoms with Gasteiger partial charge in [-0.05, 0) is 40.0 Å². The van der Waals surface area contributed by atoms with E-state index in [0.29, 0.717) is 0 Å². The van der Waals surface area contributed by atoms with E-state index in [2.05, 4.69) is 20.9 Å². The molecule has 1 aromatic carbocycles. The van der Waals surface area contributed by atoms with Crippen molar-refractivity contribution in [1.82, 2.24) is 4.98 Å². The summed E-state index contributed by atoms with van der Waals surface area (Å²) in [6, 6.07) is 9.69. The van der Waals surface area contributed by atoms with Gasteiger partial charge < -0.3 is 5.11 Å². The van der Waals surface area contributed by atoms with E-state index in [9.17, 15) is 5.11 Å². The molecule has 1 unspecified atom stereocenters. The van der Waals surface area contributed by atoms with Crippen molar-refractivity contribution in [3.8, 4) is 0 Å². The van der Waals surface area contributed by atoms with E-state index in [1.165, 1.54) is 0 Å². The molecule has 0 aliphatic carbocycles. The van der Waals surface area contributed by atoms with Crippen molar-refractivity contribution in [2.75, 3.05) is 0 Å². The van der Waals surface area contributed by atoms with Crippen LogP contribution in [0.25, 0.3) is 0 Å². The summed E-state index contributed by atoms with van der Waals surface area (Å²) < 4.78 is 0.873. The Hall–Kier alpha value is -1.19. The van der Waals surface area contributed by atoms with Gasteiger partial charge in [0.05, 0.1) is 0 Å². The molecule has 1 N–H and O–H groups in total. The van der Waals surface area contributed by atoms with Crippen molar-refractivity contribution in [2.24, 2.45) is 0 Å². The second-order valence-corrected chi connectivity index (χ2v) is 4.61. The molecule has 0 fully saturated rings. The zero-order chi connectivity index (χ0) is 11.5. The average molecular weight is 278 g/mol. The molecule has 1 atom stereocenters. The second-order valence-electron chi connectivity index (χ2n) is 3.70. The largest absolute Gasteiger partial charge is 0.384 e. The van der Waals surface area contributed by atoms with Crippen LogP contribution in [0.2, 0.25) is 0 Å². The Balaban J connectivity index is 2.39. The van der Waals surface area contributed by atoms with Gasteiger partial charge >= 0.3 is 0 Å². The Kier molecular flexibility index (Phi) is 3.36. The van der Waals surface area contributed by atoms with Crippen LogP contribution in [-0.2, 0) is 0 Å². The van der Waals surface area contributed by atoms with E-state index in [0.717, 1.165) is 21.2 Å². The molecule has 0 bridgehead atoms. The first kappa shape index (κ1) is 11.3. The number of nitrogens with zero attached hydrogens (tertiary/aromatic N) is 1. The van der Waals surface area contributed by atoms with Gasteiger partial charge in [0.25, 0.3) is 0 Å². The maximum atomic E-state index is 10.2. The van der Waals surface area contributed by atoms with E-state index >= 15 is 0 Å². The van der Waals surface area contributed by atoms with Crippen molar-refractivity contribution in [2.45, 2.75) is 13.0 Å². The first-order valence-corrected chi connectivity index (χ1v) is 5.82. The number of benzene rings is 1. The topological polar surface area (TPSA) is 33.1 Å². The molecule has 1 aromatic heterocycles. The van der Waals surface area contributed by atoms with Crippen molar-refractivity contribution >= 4 is 15.9 Å². The lowest BCUT2D eigenvalue weighted by atomic mass is 9.99. The standard InChI is InChI=1S/C13H12BrNO/c1-9-4-2-3-5-12(9)13(16)10-6-11(14)8-15-7-10/h2-8,13,16H,1H3. The minimum atomic E-state index is -0.619. The predicted octanol–water partition coefficient (Wildman–Crippen LogP) is 3.23. The SMILES string of the molecule is Cc1ccccc1C(O)c1cncc(Br)c1. The van der Waals surface area contributed by atoms with Gasteiger partial charge in [-0.3, -0.25) is 4.98 Å². The van der Waals surface area contributed by atoms with Crippen LogP contribution < -0.4 is 0 Å². The Morgan fingerprint density at radius 3 is 2.69 bits per heavy atom. The quantitative estimate of drug-likeness (QED) is 0.914. The Morgan fingerprint density at radius 2 is 2.00 bits per heavy atom. The lowest BCUT2D eigenvalue weighted by molar-refractivity contribution is 0.219. The van der Waals surface area contributed by atoms with E-state index in [1.807, 2.05) is 37.3 Å². The first-order chi connectivity index (χ1) is 7.68. The molecule has 16 heavy (non-hydrogen) atoms. The monoisotopic (exact) mass is 277 g/mol. The number of pyridine rings is 1. The van der Waals surface area contributed by atoms with Gasteiger partial charge in [0.15, 0.2) is 0 Å². The number of aliphatic hydroxyl groups is 1. The minimum absolute atomic E-state index is 0.619. The highest BCUT2D eigenvalue weighted by Crippen LogP contribution is 2.25. The maximum Gasteiger partial charge on any atom is 0.106 e. The summed E-state index contributed by atoms with van der Waals surface area (Å²) in [5.74, 6) is 0. The fraction of sp³-hybridized carbons (Fsp3) is 0.154. The summed E-state index contributed by atoms with van der Waals surface area (Å²) in [5.41, 5.74) is 2.79. The van der Waals surface area contributed by atoms with Crippen LogP contribution in [0.1, 0.15) is 22.8 Å². The Morgan fingerprint density at radius 1 is 1.25 bits per heavy atom. The predicted molar refractivity (Wildman–Crippen MR) is 67.2 cm³/mol. The number of aryl methyl sites for hydroxylation is 1. The van der Waals surface area contributed by atoms with Gasteiger partial charge in [0, 0.05) is 22.4 Å². The third-order valence-corrected chi connectivity index (χ3v) is 2.96. The van der Waals surface area contributed by atoms with Crippen LogP contribution in [0.3, 0.4) is 0 Å². The van der Waals surface area contributed by atoms with Crippen LogP contribution in [0.5, 0.6) is 0 Å². The molecule has 0 saturated carbocycles. The Labute approximate surface area is 103 Å². The van der Waals surface area contributed by atoms with E-state index < -0.39 is 6.10 Å². The molecule has 0 saturated heterocycles. The first-order valence-electron chi connectivity index (χ1n) is 5.02. The third kappa shape index (κ3) is 2.31. The summed E-state index contributed by atoms with van der Waals surface area (Å²) in [6.45, 7) is 1.99. The van der Waals surface area contributed by atoms with Crippen LogP contribution in [0.15, 0.2) is 47.2 Å². The fourth-order valence-electron chi connectivity index (χ4n) is 1.65. The molecule has 2 aromatic rings. The molecule has 3 heteroatoms. The summed E-state index contributed by atoms with van der Waals surface area (Å²) in [4.78, 5) is 4.05. The Bertz CT molecular complexity index is 499. The molecule has 0 aliphatic heterocycles. The van der Waals surface area contributed by atoms with Crippen LogP contribution in [-0.4, -0.2) is 10.1 Å². The molecule has 82 valence electrons. The average Bonchev–Trinajstić information content (AvgIpc) is 2.29. The zero-order valence-electron chi connectivity index (χ0n) is 8.89. The highest BCUT2D eigenvalue weighted by molar-refractivity contribution is 9.10. The number of aromatic nitrogens is 1. The molecular weight excluding hydrogens is 266 g/mol. The molecule has 0 aliphatic rings. The van der Waals surface area contributed by atoms with Crippen LogP contribution in [0.4, 0.5) is 0 Å². The van der Waals surface area contributed by atoms with Gasteiger partial charge in [-0.2, -0.15) is 0 Å². The molecule has 2 rings (SSSR count). The number of hydrogen-bond donors (Lipinski definition) is 1.